The number of hydrogen-bond donors (Lipinski definition) is 2. The summed E-state index contributed by atoms with van der Waals surface area (Å²) in [4.78, 5) is 25.0. The van der Waals surface area contributed by atoms with E-state index < -0.39 is 26.9 Å². The second kappa shape index (κ2) is 10.3. The predicted molar refractivity (Wildman–Crippen MR) is 117 cm³/mol. The minimum absolute atomic E-state index is 0.145. The van der Waals surface area contributed by atoms with Crippen molar-refractivity contribution < 1.29 is 22.4 Å². The van der Waals surface area contributed by atoms with E-state index in [2.05, 4.69) is 10.6 Å². The summed E-state index contributed by atoms with van der Waals surface area (Å²) < 4.78 is 39.1. The molecular weight excluding hydrogens is 439 g/mol. The molecule has 162 valence electrons. The molecule has 2 amide bonds. The fourth-order valence-corrected chi connectivity index (χ4v) is 5.73. The Labute approximate surface area is 184 Å². The number of sulfone groups is 1. The van der Waals surface area contributed by atoms with Gasteiger partial charge in [-0.1, -0.05) is 36.4 Å². The Morgan fingerprint density at radius 2 is 1.58 bits per heavy atom. The summed E-state index contributed by atoms with van der Waals surface area (Å²) in [6.07, 6.45) is 0.430. The number of halogens is 1. The maximum atomic E-state index is 13.1. The highest BCUT2D eigenvalue weighted by Gasteiger charge is 2.31. The Morgan fingerprint density at radius 3 is 2.23 bits per heavy atom. The van der Waals surface area contributed by atoms with Crippen molar-refractivity contribution in [3.63, 3.8) is 0 Å². The van der Waals surface area contributed by atoms with E-state index in [-0.39, 0.29) is 23.8 Å². The third-order valence-corrected chi connectivity index (χ3v) is 7.81. The van der Waals surface area contributed by atoms with Gasteiger partial charge in [0.1, 0.15) is 11.1 Å². The van der Waals surface area contributed by atoms with Crippen LogP contribution in [-0.2, 0) is 25.8 Å². The summed E-state index contributed by atoms with van der Waals surface area (Å²) in [6.45, 7) is -0.0451. The molecule has 0 unspecified atom stereocenters. The lowest BCUT2D eigenvalue weighted by atomic mass is 10.1. The number of hydrogen-bond acceptors (Lipinski definition) is 5. The summed E-state index contributed by atoms with van der Waals surface area (Å²) in [6, 6.07) is 17.2. The van der Waals surface area contributed by atoms with Crippen molar-refractivity contribution in [2.45, 2.75) is 16.6 Å². The average Bonchev–Trinajstić information content (AvgIpc) is 3.30. The van der Waals surface area contributed by atoms with Gasteiger partial charge in [0.2, 0.25) is 0 Å². The lowest BCUT2D eigenvalue weighted by Crippen LogP contribution is -2.42. The van der Waals surface area contributed by atoms with Crippen molar-refractivity contribution in [3.05, 3.63) is 88.4 Å². The molecule has 0 saturated carbocycles. The van der Waals surface area contributed by atoms with Crippen LogP contribution in [0.2, 0.25) is 0 Å². The average molecular weight is 461 g/mol. The number of nitrogens with one attached hydrogen (secondary N) is 2. The Hall–Kier alpha value is -3.04. The van der Waals surface area contributed by atoms with Crippen LogP contribution >= 0.6 is 11.3 Å². The van der Waals surface area contributed by atoms with Crippen LogP contribution < -0.4 is 10.6 Å². The van der Waals surface area contributed by atoms with Gasteiger partial charge in [0.15, 0.2) is 9.84 Å². The molecule has 1 atom stereocenters. The number of amides is 2. The lowest BCUT2D eigenvalue weighted by Gasteiger charge is -2.17. The molecule has 1 aromatic heterocycles. The minimum Gasteiger partial charge on any atom is -0.348 e. The quantitative estimate of drug-likeness (QED) is 0.506. The van der Waals surface area contributed by atoms with Crippen molar-refractivity contribution in [2.24, 2.45) is 0 Å². The van der Waals surface area contributed by atoms with Crippen LogP contribution in [0.4, 0.5) is 4.39 Å². The monoisotopic (exact) mass is 460 g/mol. The highest BCUT2D eigenvalue weighted by atomic mass is 32.2. The van der Waals surface area contributed by atoms with Gasteiger partial charge in [0.25, 0.3) is 0 Å². The molecule has 0 fully saturated rings. The Kier molecular flexibility index (Phi) is 7.54. The summed E-state index contributed by atoms with van der Waals surface area (Å²) >= 11 is 1.27. The second-order valence-corrected chi connectivity index (χ2v) is 9.81. The zero-order valence-corrected chi connectivity index (χ0v) is 18.1. The smallest absolute Gasteiger partial charge is 0.309 e. The van der Waals surface area contributed by atoms with E-state index >= 15 is 0 Å². The number of thiophene rings is 1. The molecule has 2 aromatic carbocycles. The number of carbonyl (C=O) groups excluding carboxylic acids is 2. The molecule has 2 N–H and O–H groups in total. The second-order valence-electron chi connectivity index (χ2n) is 6.70. The van der Waals surface area contributed by atoms with Gasteiger partial charge in [0.05, 0.1) is 4.90 Å². The molecule has 3 rings (SSSR count). The van der Waals surface area contributed by atoms with Gasteiger partial charge in [-0.3, -0.25) is 9.59 Å². The summed E-state index contributed by atoms with van der Waals surface area (Å²) in [7, 11) is -3.77. The molecule has 0 radical (unpaired) electrons. The standard InChI is InChI=1S/C22H21FN2O4S2/c23-17-10-8-16(9-11-17)12-13-24-21(26)22(27)25-15-20(19-7-4-14-30-19)31(28,29)18-5-2-1-3-6-18/h1-11,14,20H,12-13,15H2,(H,24,26)(H,25,27)/t20-/m0/s1. The van der Waals surface area contributed by atoms with Gasteiger partial charge in [-0.2, -0.15) is 0 Å². The molecule has 0 aliphatic rings. The Morgan fingerprint density at radius 1 is 0.903 bits per heavy atom. The van der Waals surface area contributed by atoms with Crippen LogP contribution in [0.5, 0.6) is 0 Å². The van der Waals surface area contributed by atoms with Gasteiger partial charge in [0, 0.05) is 18.0 Å². The van der Waals surface area contributed by atoms with E-state index in [0.717, 1.165) is 5.56 Å². The van der Waals surface area contributed by atoms with Crippen LogP contribution in [0.3, 0.4) is 0 Å². The van der Waals surface area contributed by atoms with Gasteiger partial charge in [-0.25, -0.2) is 12.8 Å². The first-order valence-electron chi connectivity index (χ1n) is 9.51. The first-order chi connectivity index (χ1) is 14.9. The predicted octanol–water partition coefficient (Wildman–Crippen LogP) is 2.88. The highest BCUT2D eigenvalue weighted by Crippen LogP contribution is 2.31. The Balaban J connectivity index is 1.60. The molecule has 0 spiro atoms. The van der Waals surface area contributed by atoms with E-state index in [1.165, 1.54) is 35.6 Å². The van der Waals surface area contributed by atoms with E-state index in [0.29, 0.717) is 11.3 Å². The summed E-state index contributed by atoms with van der Waals surface area (Å²) in [5.41, 5.74) is 0.814. The van der Waals surface area contributed by atoms with Crippen molar-refractivity contribution in [3.8, 4) is 0 Å². The first-order valence-corrected chi connectivity index (χ1v) is 11.9. The molecule has 3 aromatic rings. The molecule has 1 heterocycles. The SMILES string of the molecule is O=C(NCCc1ccc(F)cc1)C(=O)NC[C@@H](c1cccs1)S(=O)(=O)c1ccccc1. The fraction of sp³-hybridized carbons (Fsp3) is 0.182. The molecule has 31 heavy (non-hydrogen) atoms. The molecule has 6 nitrogen and oxygen atoms in total. The largest absolute Gasteiger partial charge is 0.348 e. The maximum Gasteiger partial charge on any atom is 0.309 e. The summed E-state index contributed by atoms with van der Waals surface area (Å²) in [5, 5.41) is 5.66. The van der Waals surface area contributed by atoms with E-state index in [4.69, 9.17) is 0 Å². The molecule has 0 bridgehead atoms. The van der Waals surface area contributed by atoms with Crippen LogP contribution in [0.1, 0.15) is 15.7 Å². The van der Waals surface area contributed by atoms with E-state index in [1.807, 2.05) is 0 Å². The number of rotatable bonds is 8. The van der Waals surface area contributed by atoms with Crippen LogP contribution in [0.25, 0.3) is 0 Å². The summed E-state index contributed by atoms with van der Waals surface area (Å²) in [5.74, 6) is -2.12. The van der Waals surface area contributed by atoms with Crippen LogP contribution in [0, 0.1) is 5.82 Å². The van der Waals surface area contributed by atoms with Gasteiger partial charge in [-0.05, 0) is 47.7 Å². The number of carbonyl (C=O) groups is 2. The minimum atomic E-state index is -3.77. The fourth-order valence-electron chi connectivity index (χ4n) is 2.93. The normalized spacial score (nSPS) is 12.2. The third-order valence-electron chi connectivity index (χ3n) is 4.57. The van der Waals surface area contributed by atoms with Crippen LogP contribution in [0.15, 0.2) is 77.0 Å². The highest BCUT2D eigenvalue weighted by molar-refractivity contribution is 7.91. The van der Waals surface area contributed by atoms with Crippen molar-refractivity contribution in [2.75, 3.05) is 13.1 Å². The first kappa shape index (κ1) is 22.6. The van der Waals surface area contributed by atoms with E-state index in [1.54, 1.807) is 47.8 Å². The van der Waals surface area contributed by atoms with Gasteiger partial charge < -0.3 is 10.6 Å². The zero-order valence-electron chi connectivity index (χ0n) is 16.5. The zero-order chi connectivity index (χ0) is 22.3. The van der Waals surface area contributed by atoms with Crippen molar-refractivity contribution in [1.29, 1.82) is 0 Å². The Bertz CT molecular complexity index is 1120. The number of benzene rings is 2. The molecule has 9 heteroatoms. The lowest BCUT2D eigenvalue weighted by molar-refractivity contribution is -0.139. The third kappa shape index (κ3) is 5.99. The molecule has 0 saturated heterocycles. The van der Waals surface area contributed by atoms with Gasteiger partial charge in [-0.15, -0.1) is 11.3 Å². The molecule has 0 aliphatic heterocycles. The van der Waals surface area contributed by atoms with Crippen LogP contribution in [-0.4, -0.2) is 33.3 Å². The van der Waals surface area contributed by atoms with Crippen molar-refractivity contribution >= 4 is 33.0 Å². The van der Waals surface area contributed by atoms with Crippen molar-refractivity contribution in [1.82, 2.24) is 10.6 Å². The topological polar surface area (TPSA) is 92.3 Å². The molecular formula is C22H21FN2O4S2. The molecule has 0 aliphatic carbocycles. The van der Waals surface area contributed by atoms with E-state index in [9.17, 15) is 22.4 Å². The maximum absolute atomic E-state index is 13.1. The van der Waals surface area contributed by atoms with Gasteiger partial charge >= 0.3 is 11.8 Å².